The fourth-order valence-electron chi connectivity index (χ4n) is 2.78. The molecule has 2 rings (SSSR count). The summed E-state index contributed by atoms with van der Waals surface area (Å²) in [6.07, 6.45) is 5.37. The van der Waals surface area contributed by atoms with E-state index in [1.165, 1.54) is 6.42 Å². The van der Waals surface area contributed by atoms with Crippen LogP contribution in [0.15, 0.2) is 24.3 Å². The summed E-state index contributed by atoms with van der Waals surface area (Å²) in [4.78, 5) is 12.1. The lowest BCUT2D eigenvalue weighted by atomic mass is 9.82. The normalized spacial score (nSPS) is 17.9. The molecule has 19 heavy (non-hydrogen) atoms. The summed E-state index contributed by atoms with van der Waals surface area (Å²) in [6, 6.07) is 7.35. The predicted molar refractivity (Wildman–Crippen MR) is 75.6 cm³/mol. The third kappa shape index (κ3) is 3.70. The van der Waals surface area contributed by atoms with Gasteiger partial charge in [0.25, 0.3) is 0 Å². The lowest BCUT2D eigenvalue weighted by Crippen LogP contribution is -2.52. The van der Waals surface area contributed by atoms with Crippen LogP contribution in [0.2, 0.25) is 0 Å². The number of aliphatic hydroxyl groups excluding tert-OH is 1. The molecular weight excluding hydrogens is 240 g/mol. The Morgan fingerprint density at radius 2 is 2.05 bits per heavy atom. The van der Waals surface area contributed by atoms with E-state index in [2.05, 4.69) is 5.32 Å². The number of anilines is 1. The molecule has 0 bridgehead atoms. The van der Waals surface area contributed by atoms with E-state index >= 15 is 0 Å². The maximum Gasteiger partial charge on any atom is 0.224 e. The first-order valence-corrected chi connectivity index (χ1v) is 6.90. The molecule has 1 amide bonds. The Bertz CT molecular complexity index is 440. The number of carbonyl (C=O) groups excluding carboxylic acids is 1. The maximum atomic E-state index is 12.1. The van der Waals surface area contributed by atoms with E-state index < -0.39 is 5.54 Å². The summed E-state index contributed by atoms with van der Waals surface area (Å²) in [5.74, 6) is -0.0402. The minimum Gasteiger partial charge on any atom is -0.399 e. The third-order valence-electron chi connectivity index (χ3n) is 3.83. The quantitative estimate of drug-likeness (QED) is 0.722. The van der Waals surface area contributed by atoms with Crippen LogP contribution >= 0.6 is 0 Å². The van der Waals surface area contributed by atoms with Crippen molar-refractivity contribution in [1.29, 1.82) is 0 Å². The van der Waals surface area contributed by atoms with Gasteiger partial charge >= 0.3 is 0 Å². The van der Waals surface area contributed by atoms with Crippen molar-refractivity contribution < 1.29 is 9.90 Å². The van der Waals surface area contributed by atoms with E-state index in [1.54, 1.807) is 6.07 Å². The number of hydrogen-bond acceptors (Lipinski definition) is 3. The van der Waals surface area contributed by atoms with Crippen molar-refractivity contribution in [3.05, 3.63) is 29.8 Å². The second kappa shape index (κ2) is 6.06. The number of nitrogens with one attached hydrogen (secondary N) is 1. The van der Waals surface area contributed by atoms with Crippen LogP contribution < -0.4 is 11.1 Å². The number of carbonyl (C=O) groups is 1. The molecular formula is C15H22N2O2. The Balaban J connectivity index is 1.96. The first-order valence-electron chi connectivity index (χ1n) is 6.90. The van der Waals surface area contributed by atoms with E-state index in [9.17, 15) is 9.90 Å². The van der Waals surface area contributed by atoms with Gasteiger partial charge in [0, 0.05) is 5.69 Å². The first-order chi connectivity index (χ1) is 9.13. The van der Waals surface area contributed by atoms with E-state index in [1.807, 2.05) is 18.2 Å². The number of aliphatic hydroxyl groups is 1. The molecule has 0 atom stereocenters. The SMILES string of the molecule is Nc1cccc(CC(=O)NC2(CO)CCCCC2)c1. The summed E-state index contributed by atoms with van der Waals surface area (Å²) in [7, 11) is 0. The van der Waals surface area contributed by atoms with Crippen molar-refractivity contribution in [2.45, 2.75) is 44.1 Å². The van der Waals surface area contributed by atoms with Gasteiger partial charge in [-0.3, -0.25) is 4.79 Å². The Kier molecular flexibility index (Phi) is 4.43. The molecule has 1 aromatic carbocycles. The van der Waals surface area contributed by atoms with Crippen LogP contribution in [0.5, 0.6) is 0 Å². The molecule has 0 saturated heterocycles. The van der Waals surface area contributed by atoms with Crippen LogP contribution in [0.4, 0.5) is 5.69 Å². The van der Waals surface area contributed by atoms with Gasteiger partial charge in [-0.25, -0.2) is 0 Å². The Morgan fingerprint density at radius 1 is 1.32 bits per heavy atom. The van der Waals surface area contributed by atoms with Gasteiger partial charge in [-0.15, -0.1) is 0 Å². The summed E-state index contributed by atoms with van der Waals surface area (Å²) in [5, 5.41) is 12.6. The molecule has 0 spiro atoms. The van der Waals surface area contributed by atoms with Gasteiger partial charge in [0.15, 0.2) is 0 Å². The molecule has 0 aliphatic heterocycles. The van der Waals surface area contributed by atoms with Gasteiger partial charge in [-0.1, -0.05) is 31.4 Å². The molecule has 1 aromatic rings. The Morgan fingerprint density at radius 3 is 2.68 bits per heavy atom. The van der Waals surface area contributed by atoms with Crippen LogP contribution in [0, 0.1) is 0 Å². The van der Waals surface area contributed by atoms with Gasteiger partial charge in [0.05, 0.1) is 18.6 Å². The highest BCUT2D eigenvalue weighted by molar-refractivity contribution is 5.79. The van der Waals surface area contributed by atoms with Crippen LogP contribution in [0.25, 0.3) is 0 Å². The van der Waals surface area contributed by atoms with Gasteiger partial charge in [-0.2, -0.15) is 0 Å². The predicted octanol–water partition coefficient (Wildman–Crippen LogP) is 1.62. The summed E-state index contributed by atoms with van der Waals surface area (Å²) in [6.45, 7) is 0.0235. The van der Waals surface area contributed by atoms with E-state index in [0.717, 1.165) is 31.2 Å². The zero-order valence-electron chi connectivity index (χ0n) is 11.2. The smallest absolute Gasteiger partial charge is 0.224 e. The van der Waals surface area contributed by atoms with Gasteiger partial charge < -0.3 is 16.2 Å². The fraction of sp³-hybridized carbons (Fsp3) is 0.533. The third-order valence-corrected chi connectivity index (χ3v) is 3.83. The van der Waals surface area contributed by atoms with Crippen molar-refractivity contribution in [3.63, 3.8) is 0 Å². The topological polar surface area (TPSA) is 75.4 Å². The molecule has 104 valence electrons. The Hall–Kier alpha value is -1.55. The van der Waals surface area contributed by atoms with E-state index in [4.69, 9.17) is 5.73 Å². The van der Waals surface area contributed by atoms with E-state index in [-0.39, 0.29) is 12.5 Å². The molecule has 4 nitrogen and oxygen atoms in total. The molecule has 1 fully saturated rings. The highest BCUT2D eigenvalue weighted by Crippen LogP contribution is 2.27. The van der Waals surface area contributed by atoms with Gasteiger partial charge in [0.1, 0.15) is 0 Å². The van der Waals surface area contributed by atoms with Crippen molar-refractivity contribution in [2.75, 3.05) is 12.3 Å². The van der Waals surface area contributed by atoms with Crippen molar-refractivity contribution >= 4 is 11.6 Å². The molecule has 1 aliphatic carbocycles. The number of hydrogen-bond donors (Lipinski definition) is 3. The van der Waals surface area contributed by atoms with Crippen LogP contribution in [0.3, 0.4) is 0 Å². The molecule has 0 aromatic heterocycles. The van der Waals surface area contributed by atoms with Gasteiger partial charge in [0.2, 0.25) is 5.91 Å². The fourth-order valence-corrected chi connectivity index (χ4v) is 2.78. The summed E-state index contributed by atoms with van der Waals surface area (Å²) in [5.41, 5.74) is 6.86. The second-order valence-electron chi connectivity index (χ2n) is 5.47. The van der Waals surface area contributed by atoms with Crippen LogP contribution in [-0.2, 0) is 11.2 Å². The molecule has 0 radical (unpaired) electrons. The Labute approximate surface area is 114 Å². The zero-order chi connectivity index (χ0) is 13.7. The standard InChI is InChI=1S/C15H22N2O2/c16-13-6-4-5-12(9-13)10-14(19)17-15(11-18)7-2-1-3-8-15/h4-6,9,18H,1-3,7-8,10-11,16H2,(H,17,19). The average Bonchev–Trinajstić information content (AvgIpc) is 2.39. The number of rotatable bonds is 4. The molecule has 0 heterocycles. The number of nitrogen functional groups attached to an aromatic ring is 1. The van der Waals surface area contributed by atoms with Crippen molar-refractivity contribution in [3.8, 4) is 0 Å². The first kappa shape index (κ1) is 13.9. The van der Waals surface area contributed by atoms with Crippen molar-refractivity contribution in [2.24, 2.45) is 0 Å². The lowest BCUT2D eigenvalue weighted by Gasteiger charge is -2.36. The largest absolute Gasteiger partial charge is 0.399 e. The number of amides is 1. The number of nitrogens with two attached hydrogens (primary N) is 1. The van der Waals surface area contributed by atoms with E-state index in [0.29, 0.717) is 12.1 Å². The monoisotopic (exact) mass is 262 g/mol. The van der Waals surface area contributed by atoms with Crippen LogP contribution in [0.1, 0.15) is 37.7 Å². The van der Waals surface area contributed by atoms with Crippen LogP contribution in [-0.4, -0.2) is 23.2 Å². The molecule has 0 unspecified atom stereocenters. The second-order valence-corrected chi connectivity index (χ2v) is 5.47. The molecule has 1 saturated carbocycles. The van der Waals surface area contributed by atoms with Gasteiger partial charge in [-0.05, 0) is 30.5 Å². The maximum absolute atomic E-state index is 12.1. The molecule has 4 heteroatoms. The average molecular weight is 262 g/mol. The number of benzene rings is 1. The molecule has 1 aliphatic rings. The highest BCUT2D eigenvalue weighted by atomic mass is 16.3. The molecule has 4 N–H and O–H groups in total. The summed E-state index contributed by atoms with van der Waals surface area (Å²) < 4.78 is 0. The highest BCUT2D eigenvalue weighted by Gasteiger charge is 2.32. The minimum atomic E-state index is -0.407. The zero-order valence-corrected chi connectivity index (χ0v) is 11.2. The van der Waals surface area contributed by atoms with Crippen molar-refractivity contribution in [1.82, 2.24) is 5.32 Å². The lowest BCUT2D eigenvalue weighted by molar-refractivity contribution is -0.123. The summed E-state index contributed by atoms with van der Waals surface area (Å²) >= 11 is 0. The minimum absolute atomic E-state index is 0.0235.